The van der Waals surface area contributed by atoms with Gasteiger partial charge in [-0.25, -0.2) is 15.0 Å². The van der Waals surface area contributed by atoms with E-state index in [1.165, 1.54) is 54.1 Å². The van der Waals surface area contributed by atoms with Gasteiger partial charge < -0.3 is 9.13 Å². The molecule has 13 rings (SSSR count). The summed E-state index contributed by atoms with van der Waals surface area (Å²) in [7, 11) is 0. The molecule has 0 N–H and O–H groups in total. The van der Waals surface area contributed by atoms with Gasteiger partial charge in [-0.1, -0.05) is 158 Å². The summed E-state index contributed by atoms with van der Waals surface area (Å²) < 4.78 is 4.91. The van der Waals surface area contributed by atoms with Crippen molar-refractivity contribution in [3.8, 4) is 45.5 Å². The summed E-state index contributed by atoms with van der Waals surface area (Å²) >= 11 is 0. The lowest BCUT2D eigenvalue weighted by Gasteiger charge is -2.16. The highest BCUT2D eigenvalue weighted by molar-refractivity contribution is 6.18. The summed E-state index contributed by atoms with van der Waals surface area (Å²) in [6.45, 7) is 0. The third-order valence-electron chi connectivity index (χ3n) is 12.5. The smallest absolute Gasteiger partial charge is 0.164 e. The number of hydrogen-bond acceptors (Lipinski definition) is 3. The van der Waals surface area contributed by atoms with E-state index in [1.54, 1.807) is 0 Å². The van der Waals surface area contributed by atoms with Gasteiger partial charge in [-0.3, -0.25) is 0 Å². The third kappa shape index (κ3) is 5.25. The van der Waals surface area contributed by atoms with Gasteiger partial charge in [0, 0.05) is 49.0 Å². The van der Waals surface area contributed by atoms with E-state index >= 15 is 0 Å². The Kier molecular flexibility index (Phi) is 7.54. The van der Waals surface area contributed by atoms with Gasteiger partial charge in [-0.15, -0.1) is 0 Å². The molecule has 0 saturated heterocycles. The van der Waals surface area contributed by atoms with Gasteiger partial charge in [0.2, 0.25) is 0 Å². The molecule has 288 valence electrons. The molecule has 0 saturated carbocycles. The normalized spacial score (nSPS) is 11.9. The van der Waals surface area contributed by atoms with Crippen molar-refractivity contribution >= 4 is 75.9 Å². The summed E-state index contributed by atoms with van der Waals surface area (Å²) in [5, 5.41) is 12.0. The SMILES string of the molecule is c1ccc(-c2nc(-c3ccccc3)nc(-c3ccc(-n4c5ccccc5c5cc6cccc(-n7c8ccccc8c8cc9ccccc9cc87)c6cc54)c4ccccc34)n2)cc1. The second-order valence-corrected chi connectivity index (χ2v) is 16.0. The molecule has 0 aliphatic carbocycles. The maximum Gasteiger partial charge on any atom is 0.164 e. The molecule has 0 atom stereocenters. The molecule has 3 heterocycles. The van der Waals surface area contributed by atoms with E-state index < -0.39 is 0 Å². The Hall–Kier alpha value is -8.41. The predicted molar refractivity (Wildman–Crippen MR) is 257 cm³/mol. The fraction of sp³-hybridized carbons (Fsp3) is 0. The van der Waals surface area contributed by atoms with Crippen LogP contribution in [0.3, 0.4) is 0 Å². The second-order valence-electron chi connectivity index (χ2n) is 16.0. The van der Waals surface area contributed by atoms with Crippen molar-refractivity contribution in [2.45, 2.75) is 0 Å². The molecule has 10 aromatic carbocycles. The minimum absolute atomic E-state index is 0.636. The van der Waals surface area contributed by atoms with Gasteiger partial charge in [0.15, 0.2) is 17.5 Å². The maximum atomic E-state index is 5.14. The largest absolute Gasteiger partial charge is 0.309 e. The van der Waals surface area contributed by atoms with Crippen LogP contribution in [0.2, 0.25) is 0 Å². The molecule has 62 heavy (non-hydrogen) atoms. The molecule has 0 amide bonds. The van der Waals surface area contributed by atoms with Crippen LogP contribution in [0.5, 0.6) is 0 Å². The standard InChI is InChI=1S/C57H35N5/c1-3-16-36(17-4-1)55-58-56(37-18-5-2-6-19-37)60-57(59-55)45-30-31-52(42-24-10-9-23-41(42)45)62-50-28-14-12-26-44(50)48-33-40-22-15-29-51(46(40)35-54(48)62)61-49-27-13-11-25-43(49)47-32-38-20-7-8-21-39(38)34-53(47)61/h1-35H. The summed E-state index contributed by atoms with van der Waals surface area (Å²) in [5.74, 6) is 1.92. The Morgan fingerprint density at radius 2 is 0.726 bits per heavy atom. The van der Waals surface area contributed by atoms with Crippen LogP contribution in [-0.4, -0.2) is 24.1 Å². The van der Waals surface area contributed by atoms with Crippen LogP contribution in [-0.2, 0) is 0 Å². The molecule has 0 spiro atoms. The first-order chi connectivity index (χ1) is 30.7. The topological polar surface area (TPSA) is 48.5 Å². The number of benzene rings is 10. The number of hydrogen-bond donors (Lipinski definition) is 0. The average molecular weight is 790 g/mol. The van der Waals surface area contributed by atoms with Crippen LogP contribution in [0, 0.1) is 0 Å². The van der Waals surface area contributed by atoms with E-state index in [1.807, 2.05) is 36.4 Å². The molecule has 0 aliphatic rings. The molecule has 0 aliphatic heterocycles. The average Bonchev–Trinajstić information content (AvgIpc) is 3.83. The van der Waals surface area contributed by atoms with E-state index in [0.29, 0.717) is 17.5 Å². The van der Waals surface area contributed by atoms with Gasteiger partial charge >= 0.3 is 0 Å². The molecule has 0 radical (unpaired) electrons. The molecule has 0 unspecified atom stereocenters. The molecule has 5 heteroatoms. The van der Waals surface area contributed by atoms with Gasteiger partial charge in [-0.2, -0.15) is 0 Å². The van der Waals surface area contributed by atoms with Crippen LogP contribution >= 0.6 is 0 Å². The Labute approximate surface area is 356 Å². The summed E-state index contributed by atoms with van der Waals surface area (Å²) in [5.41, 5.74) is 9.78. The second kappa shape index (κ2) is 13.6. The first kappa shape index (κ1) is 34.5. The van der Waals surface area contributed by atoms with E-state index in [9.17, 15) is 0 Å². The number of para-hydroxylation sites is 2. The minimum atomic E-state index is 0.636. The monoisotopic (exact) mass is 789 g/mol. The van der Waals surface area contributed by atoms with Crippen LogP contribution in [0.25, 0.3) is 121 Å². The summed E-state index contributed by atoms with van der Waals surface area (Å²) in [4.78, 5) is 15.3. The van der Waals surface area contributed by atoms with E-state index in [0.717, 1.165) is 49.9 Å². The zero-order chi connectivity index (χ0) is 40.7. The highest BCUT2D eigenvalue weighted by Gasteiger charge is 2.21. The first-order valence-corrected chi connectivity index (χ1v) is 21.0. The van der Waals surface area contributed by atoms with Crippen molar-refractivity contribution in [3.63, 3.8) is 0 Å². The van der Waals surface area contributed by atoms with Crippen LogP contribution in [0.4, 0.5) is 0 Å². The van der Waals surface area contributed by atoms with Gasteiger partial charge in [0.1, 0.15) is 0 Å². The van der Waals surface area contributed by atoms with Gasteiger partial charge in [0.25, 0.3) is 0 Å². The molecular weight excluding hydrogens is 755 g/mol. The lowest BCUT2D eigenvalue weighted by molar-refractivity contribution is 1.08. The van der Waals surface area contributed by atoms with Crippen LogP contribution in [0.15, 0.2) is 212 Å². The lowest BCUT2D eigenvalue weighted by Crippen LogP contribution is -2.02. The van der Waals surface area contributed by atoms with Crippen molar-refractivity contribution in [2.24, 2.45) is 0 Å². The highest BCUT2D eigenvalue weighted by Crippen LogP contribution is 2.42. The summed E-state index contributed by atoms with van der Waals surface area (Å²) in [6, 6.07) is 75.8. The zero-order valence-electron chi connectivity index (χ0n) is 33.4. The number of rotatable bonds is 5. The maximum absolute atomic E-state index is 5.14. The van der Waals surface area contributed by atoms with Crippen molar-refractivity contribution < 1.29 is 0 Å². The van der Waals surface area contributed by atoms with E-state index in [4.69, 9.17) is 15.0 Å². The fourth-order valence-electron chi connectivity index (χ4n) is 9.70. The Bertz CT molecular complexity index is 3860. The van der Waals surface area contributed by atoms with Crippen LogP contribution in [0.1, 0.15) is 0 Å². The van der Waals surface area contributed by atoms with Gasteiger partial charge in [0.05, 0.1) is 33.4 Å². The Morgan fingerprint density at radius 3 is 1.37 bits per heavy atom. The number of nitrogens with zero attached hydrogens (tertiary/aromatic N) is 5. The van der Waals surface area contributed by atoms with E-state index in [2.05, 4.69) is 185 Å². The van der Waals surface area contributed by atoms with Crippen molar-refractivity contribution in [1.82, 2.24) is 24.1 Å². The van der Waals surface area contributed by atoms with Crippen molar-refractivity contribution in [1.29, 1.82) is 0 Å². The highest BCUT2D eigenvalue weighted by atomic mass is 15.0. The van der Waals surface area contributed by atoms with Crippen molar-refractivity contribution in [2.75, 3.05) is 0 Å². The predicted octanol–water partition coefficient (Wildman–Crippen LogP) is 14.5. The minimum Gasteiger partial charge on any atom is -0.309 e. The zero-order valence-corrected chi connectivity index (χ0v) is 33.4. The fourth-order valence-corrected chi connectivity index (χ4v) is 9.70. The molecule has 0 fully saturated rings. The molecule has 3 aromatic heterocycles. The number of aromatic nitrogens is 5. The van der Waals surface area contributed by atoms with Crippen molar-refractivity contribution in [3.05, 3.63) is 212 Å². The quantitative estimate of drug-likeness (QED) is 0.174. The van der Waals surface area contributed by atoms with E-state index in [-0.39, 0.29) is 0 Å². The lowest BCUT2D eigenvalue weighted by atomic mass is 10.0. The Morgan fingerprint density at radius 1 is 0.258 bits per heavy atom. The molecule has 0 bridgehead atoms. The number of fused-ring (bicyclic) bond motifs is 9. The third-order valence-corrected chi connectivity index (χ3v) is 12.5. The molecule has 5 nitrogen and oxygen atoms in total. The Balaban J connectivity index is 1.07. The molecular formula is C57H35N5. The summed E-state index contributed by atoms with van der Waals surface area (Å²) in [6.07, 6.45) is 0. The van der Waals surface area contributed by atoms with Gasteiger partial charge in [-0.05, 0) is 76.1 Å². The first-order valence-electron chi connectivity index (χ1n) is 21.0. The van der Waals surface area contributed by atoms with Crippen LogP contribution < -0.4 is 0 Å². The molecule has 13 aromatic rings.